The molecule has 7 heteroatoms. The Balaban J connectivity index is 1.55. The first kappa shape index (κ1) is 19.0. The highest BCUT2D eigenvalue weighted by Crippen LogP contribution is 2.28. The molecule has 0 aliphatic rings. The van der Waals surface area contributed by atoms with Crippen molar-refractivity contribution in [3.63, 3.8) is 0 Å². The lowest BCUT2D eigenvalue weighted by atomic mass is 10.1. The smallest absolute Gasteiger partial charge is 0.310 e. The zero-order valence-electron chi connectivity index (χ0n) is 15.0. The Bertz CT molecular complexity index is 940. The normalized spacial score (nSPS) is 12.0. The standard InChI is InChI=1S/C20H19FN2O3S/c1-13(20-22-16-8-3-4-9-17(16)27-20)23(2)18(24)12-26-19(25)11-14-6-5-7-15(21)10-14/h3-10,13H,11-12H2,1-2H3/t13-/m0/s1. The maximum Gasteiger partial charge on any atom is 0.310 e. The van der Waals surface area contributed by atoms with E-state index in [1.54, 1.807) is 13.1 Å². The first-order valence-corrected chi connectivity index (χ1v) is 9.27. The molecule has 0 unspecified atom stereocenters. The lowest BCUT2D eigenvalue weighted by Gasteiger charge is -2.23. The fraction of sp³-hybridized carbons (Fsp3) is 0.250. The van der Waals surface area contributed by atoms with Crippen LogP contribution in [0.2, 0.25) is 0 Å². The molecule has 0 aliphatic carbocycles. The number of hydrogen-bond acceptors (Lipinski definition) is 5. The molecule has 0 saturated heterocycles. The van der Waals surface area contributed by atoms with Gasteiger partial charge in [0.05, 0.1) is 22.7 Å². The first-order valence-electron chi connectivity index (χ1n) is 8.45. The highest BCUT2D eigenvalue weighted by Gasteiger charge is 2.21. The first-order chi connectivity index (χ1) is 12.9. The molecule has 1 aromatic heterocycles. The van der Waals surface area contributed by atoms with Crippen molar-refractivity contribution in [2.45, 2.75) is 19.4 Å². The number of thiazole rings is 1. The van der Waals surface area contributed by atoms with Crippen LogP contribution in [0.4, 0.5) is 4.39 Å². The molecule has 5 nitrogen and oxygen atoms in total. The minimum absolute atomic E-state index is 0.0812. The Labute approximate surface area is 160 Å². The van der Waals surface area contributed by atoms with Crippen molar-refractivity contribution >= 4 is 33.4 Å². The number of para-hydroxylation sites is 1. The van der Waals surface area contributed by atoms with E-state index in [-0.39, 0.29) is 25.0 Å². The van der Waals surface area contributed by atoms with E-state index < -0.39 is 11.8 Å². The van der Waals surface area contributed by atoms with Gasteiger partial charge >= 0.3 is 5.97 Å². The molecule has 0 aliphatic heterocycles. The molecule has 27 heavy (non-hydrogen) atoms. The number of fused-ring (bicyclic) bond motifs is 1. The summed E-state index contributed by atoms with van der Waals surface area (Å²) in [6.45, 7) is 1.52. The summed E-state index contributed by atoms with van der Waals surface area (Å²) in [7, 11) is 1.65. The van der Waals surface area contributed by atoms with Crippen LogP contribution in [0.5, 0.6) is 0 Å². The SMILES string of the molecule is C[C@@H](c1nc2ccccc2s1)N(C)C(=O)COC(=O)Cc1cccc(F)c1. The monoisotopic (exact) mass is 386 g/mol. The van der Waals surface area contributed by atoms with Crippen molar-refractivity contribution in [1.29, 1.82) is 0 Å². The van der Waals surface area contributed by atoms with Crippen molar-refractivity contribution in [1.82, 2.24) is 9.88 Å². The molecule has 0 spiro atoms. The Hall–Kier alpha value is -2.80. The number of amides is 1. The Morgan fingerprint density at radius 3 is 2.74 bits per heavy atom. The largest absolute Gasteiger partial charge is 0.455 e. The number of carbonyl (C=O) groups is 2. The maximum absolute atomic E-state index is 13.1. The van der Waals surface area contributed by atoms with E-state index in [4.69, 9.17) is 4.74 Å². The number of hydrogen-bond donors (Lipinski definition) is 0. The molecule has 0 bridgehead atoms. The molecule has 3 rings (SSSR count). The third-order valence-electron chi connectivity index (χ3n) is 4.24. The fourth-order valence-corrected chi connectivity index (χ4v) is 3.62. The molecule has 0 N–H and O–H groups in total. The zero-order valence-corrected chi connectivity index (χ0v) is 15.8. The summed E-state index contributed by atoms with van der Waals surface area (Å²) in [5.41, 5.74) is 1.40. The van der Waals surface area contributed by atoms with Crippen molar-refractivity contribution in [2.75, 3.05) is 13.7 Å². The number of esters is 1. The summed E-state index contributed by atoms with van der Waals surface area (Å²) in [5.74, 6) is -1.31. The second-order valence-electron chi connectivity index (χ2n) is 6.17. The van der Waals surface area contributed by atoms with Crippen LogP contribution in [0, 0.1) is 5.82 Å². The Morgan fingerprint density at radius 2 is 2.00 bits per heavy atom. The van der Waals surface area contributed by atoms with Gasteiger partial charge in [-0.3, -0.25) is 9.59 Å². The number of nitrogens with zero attached hydrogens (tertiary/aromatic N) is 2. The minimum atomic E-state index is -0.574. The Morgan fingerprint density at radius 1 is 1.22 bits per heavy atom. The van der Waals surface area contributed by atoms with E-state index in [9.17, 15) is 14.0 Å². The highest BCUT2D eigenvalue weighted by atomic mass is 32.1. The molecule has 2 aromatic carbocycles. The lowest BCUT2D eigenvalue weighted by molar-refractivity contribution is -0.151. The van der Waals surface area contributed by atoms with E-state index in [2.05, 4.69) is 4.98 Å². The zero-order chi connectivity index (χ0) is 19.4. The van der Waals surface area contributed by atoms with E-state index in [0.29, 0.717) is 5.56 Å². The van der Waals surface area contributed by atoms with E-state index in [1.807, 2.05) is 31.2 Å². The number of aromatic nitrogens is 1. The van der Waals surface area contributed by atoms with Gasteiger partial charge in [0.1, 0.15) is 10.8 Å². The third-order valence-corrected chi connectivity index (χ3v) is 5.44. The molecule has 1 atom stereocenters. The van der Waals surface area contributed by atoms with Crippen LogP contribution in [0.25, 0.3) is 10.2 Å². The predicted molar refractivity (Wildman–Crippen MR) is 102 cm³/mol. The Kier molecular flexibility index (Phi) is 5.81. The fourth-order valence-electron chi connectivity index (χ4n) is 2.56. The van der Waals surface area contributed by atoms with Gasteiger partial charge in [0.2, 0.25) is 0 Å². The molecule has 1 amide bonds. The average molecular weight is 386 g/mol. The average Bonchev–Trinajstić information content (AvgIpc) is 3.09. The van der Waals surface area contributed by atoms with Crippen LogP contribution in [-0.4, -0.2) is 35.4 Å². The molecule has 140 valence electrons. The van der Waals surface area contributed by atoms with E-state index in [0.717, 1.165) is 15.2 Å². The van der Waals surface area contributed by atoms with Gasteiger partial charge in [-0.15, -0.1) is 11.3 Å². The number of carbonyl (C=O) groups excluding carboxylic acids is 2. The topological polar surface area (TPSA) is 59.5 Å². The van der Waals surface area contributed by atoms with Gasteiger partial charge in [0.15, 0.2) is 6.61 Å². The van der Waals surface area contributed by atoms with Gasteiger partial charge in [0, 0.05) is 7.05 Å². The maximum atomic E-state index is 13.1. The number of likely N-dealkylation sites (N-methyl/N-ethyl adjacent to an activating group) is 1. The summed E-state index contributed by atoms with van der Waals surface area (Å²) in [6, 6.07) is 13.3. The van der Waals surface area contributed by atoms with Crippen molar-refractivity contribution in [2.24, 2.45) is 0 Å². The quantitative estimate of drug-likeness (QED) is 0.606. The van der Waals surface area contributed by atoms with Crippen LogP contribution in [0.1, 0.15) is 23.5 Å². The predicted octanol–water partition coefficient (Wildman–Crippen LogP) is 3.74. The minimum Gasteiger partial charge on any atom is -0.455 e. The second-order valence-corrected chi connectivity index (χ2v) is 7.23. The van der Waals surface area contributed by atoms with E-state index >= 15 is 0 Å². The van der Waals surface area contributed by atoms with Gasteiger partial charge in [0.25, 0.3) is 5.91 Å². The summed E-state index contributed by atoms with van der Waals surface area (Å²) in [6.07, 6.45) is -0.0812. The molecular weight excluding hydrogens is 367 g/mol. The molecular formula is C20H19FN2O3S. The summed E-state index contributed by atoms with van der Waals surface area (Å²) in [5, 5.41) is 0.818. The van der Waals surface area contributed by atoms with Gasteiger partial charge < -0.3 is 9.64 Å². The third kappa shape index (κ3) is 4.68. The summed E-state index contributed by atoms with van der Waals surface area (Å²) < 4.78 is 19.2. The number of ether oxygens (including phenoxy) is 1. The van der Waals surface area contributed by atoms with Crippen molar-refractivity contribution in [3.05, 3.63) is 64.9 Å². The van der Waals surface area contributed by atoms with Crippen molar-refractivity contribution in [3.8, 4) is 0 Å². The van der Waals surface area contributed by atoms with Crippen molar-refractivity contribution < 1.29 is 18.7 Å². The molecule has 0 saturated carbocycles. The second kappa shape index (κ2) is 8.26. The molecule has 0 radical (unpaired) electrons. The van der Waals surface area contributed by atoms with Gasteiger partial charge in [-0.25, -0.2) is 9.37 Å². The van der Waals surface area contributed by atoms with Crippen LogP contribution in [-0.2, 0) is 20.7 Å². The van der Waals surface area contributed by atoms with Crippen LogP contribution in [0.3, 0.4) is 0 Å². The van der Waals surface area contributed by atoms with Crippen LogP contribution in [0.15, 0.2) is 48.5 Å². The molecule has 1 heterocycles. The van der Waals surface area contributed by atoms with Gasteiger partial charge in [-0.2, -0.15) is 0 Å². The summed E-state index contributed by atoms with van der Waals surface area (Å²) >= 11 is 1.53. The number of halogens is 1. The number of benzene rings is 2. The molecule has 0 fully saturated rings. The van der Waals surface area contributed by atoms with Gasteiger partial charge in [-0.1, -0.05) is 24.3 Å². The van der Waals surface area contributed by atoms with Gasteiger partial charge in [-0.05, 0) is 36.8 Å². The van der Waals surface area contributed by atoms with Crippen LogP contribution < -0.4 is 0 Å². The highest BCUT2D eigenvalue weighted by molar-refractivity contribution is 7.18. The summed E-state index contributed by atoms with van der Waals surface area (Å²) in [4.78, 5) is 30.3. The number of rotatable bonds is 6. The van der Waals surface area contributed by atoms with Crippen LogP contribution >= 0.6 is 11.3 Å². The molecule has 3 aromatic rings. The lowest BCUT2D eigenvalue weighted by Crippen LogP contribution is -2.33. The van der Waals surface area contributed by atoms with E-state index in [1.165, 1.54) is 34.4 Å².